The summed E-state index contributed by atoms with van der Waals surface area (Å²) in [6, 6.07) is 17.9. The Bertz CT molecular complexity index is 1550. The summed E-state index contributed by atoms with van der Waals surface area (Å²) in [7, 11) is 0. The third kappa shape index (κ3) is 10.1. The zero-order valence-electron chi connectivity index (χ0n) is 27.0. The number of halogens is 3. The van der Waals surface area contributed by atoms with Gasteiger partial charge in [0.2, 0.25) is 5.91 Å². The van der Waals surface area contributed by atoms with Crippen LogP contribution in [0.2, 0.25) is 0 Å². The van der Waals surface area contributed by atoms with Gasteiger partial charge in [-0.1, -0.05) is 30.3 Å². The molecule has 3 aromatic rings. The van der Waals surface area contributed by atoms with E-state index in [1.54, 1.807) is 50.2 Å². The number of alkyl halides is 3. The quantitative estimate of drug-likeness (QED) is 0.197. The van der Waals surface area contributed by atoms with Crippen LogP contribution in [-0.4, -0.2) is 56.1 Å². The van der Waals surface area contributed by atoms with Gasteiger partial charge in [-0.25, -0.2) is 4.79 Å². The fourth-order valence-corrected chi connectivity index (χ4v) is 5.62. The van der Waals surface area contributed by atoms with Crippen molar-refractivity contribution in [2.24, 2.45) is 5.92 Å². The van der Waals surface area contributed by atoms with E-state index in [0.717, 1.165) is 30.7 Å². The Hall–Kier alpha value is -4.87. The number of anilines is 2. The number of hydrogen-bond acceptors (Lipinski definition) is 7. The lowest BCUT2D eigenvalue weighted by atomic mass is 9.92. The molecule has 1 heterocycles. The van der Waals surface area contributed by atoms with Crippen LogP contribution < -0.4 is 15.5 Å². The van der Waals surface area contributed by atoms with Gasteiger partial charge in [-0.2, -0.15) is 13.2 Å². The maximum atomic E-state index is 13.2. The largest absolute Gasteiger partial charge is 0.466 e. The van der Waals surface area contributed by atoms with Gasteiger partial charge in [0, 0.05) is 42.9 Å². The first-order chi connectivity index (χ1) is 23.0. The van der Waals surface area contributed by atoms with Gasteiger partial charge in [0.15, 0.2) is 0 Å². The summed E-state index contributed by atoms with van der Waals surface area (Å²) in [5.74, 6) is -1.55. The first-order valence-corrected chi connectivity index (χ1v) is 16.0. The van der Waals surface area contributed by atoms with Crippen LogP contribution in [0.25, 0.3) is 11.1 Å². The second kappa shape index (κ2) is 16.8. The molecule has 0 saturated carbocycles. The normalized spacial score (nSPS) is 14.1. The molecule has 0 unspecified atom stereocenters. The van der Waals surface area contributed by atoms with Crippen molar-refractivity contribution < 1.29 is 41.8 Å². The first kappa shape index (κ1) is 36.0. The lowest BCUT2D eigenvalue weighted by Crippen LogP contribution is -2.43. The number of rotatable bonds is 13. The molecule has 12 heteroatoms. The molecule has 1 atom stereocenters. The van der Waals surface area contributed by atoms with Gasteiger partial charge >= 0.3 is 18.1 Å². The number of ether oxygens (including phenoxy) is 2. The van der Waals surface area contributed by atoms with E-state index < -0.39 is 29.7 Å². The second-order valence-corrected chi connectivity index (χ2v) is 11.5. The molecule has 9 nitrogen and oxygen atoms in total. The van der Waals surface area contributed by atoms with E-state index in [2.05, 4.69) is 15.5 Å². The predicted molar refractivity (Wildman–Crippen MR) is 175 cm³/mol. The van der Waals surface area contributed by atoms with Crippen molar-refractivity contribution in [1.29, 1.82) is 0 Å². The highest BCUT2D eigenvalue weighted by Gasteiger charge is 2.30. The van der Waals surface area contributed by atoms with Gasteiger partial charge in [0.1, 0.15) is 6.04 Å². The van der Waals surface area contributed by atoms with Crippen LogP contribution in [0.3, 0.4) is 0 Å². The van der Waals surface area contributed by atoms with Crippen LogP contribution >= 0.6 is 0 Å². The summed E-state index contributed by atoms with van der Waals surface area (Å²) in [4.78, 5) is 52.3. The molecular formula is C36H40F3N3O6. The van der Waals surface area contributed by atoms with Gasteiger partial charge in [-0.3, -0.25) is 14.4 Å². The predicted octanol–water partition coefficient (Wildman–Crippen LogP) is 6.62. The molecule has 0 aromatic heterocycles. The summed E-state index contributed by atoms with van der Waals surface area (Å²) >= 11 is 0. The Morgan fingerprint density at radius 1 is 0.875 bits per heavy atom. The number of nitrogens with zero attached hydrogens (tertiary/aromatic N) is 1. The monoisotopic (exact) mass is 667 g/mol. The third-order valence-electron chi connectivity index (χ3n) is 8.12. The van der Waals surface area contributed by atoms with E-state index in [1.165, 1.54) is 12.1 Å². The molecule has 256 valence electrons. The van der Waals surface area contributed by atoms with Gasteiger partial charge in [0.25, 0.3) is 5.91 Å². The maximum Gasteiger partial charge on any atom is 0.416 e. The molecule has 48 heavy (non-hydrogen) atoms. The van der Waals surface area contributed by atoms with Crippen molar-refractivity contribution in [3.05, 3.63) is 83.9 Å². The molecule has 1 aliphatic rings. The zero-order valence-corrected chi connectivity index (χ0v) is 27.0. The average Bonchev–Trinajstić information content (AvgIpc) is 3.07. The van der Waals surface area contributed by atoms with E-state index in [1.807, 2.05) is 12.1 Å². The molecule has 1 aliphatic heterocycles. The highest BCUT2D eigenvalue weighted by molar-refractivity contribution is 6.08. The minimum absolute atomic E-state index is 0.00547. The molecule has 1 saturated heterocycles. The fraction of sp³-hybridized carbons (Fsp3) is 0.389. The third-order valence-corrected chi connectivity index (χ3v) is 8.12. The summed E-state index contributed by atoms with van der Waals surface area (Å²) in [6.45, 7) is 5.21. The van der Waals surface area contributed by atoms with Crippen molar-refractivity contribution in [3.63, 3.8) is 0 Å². The Morgan fingerprint density at radius 2 is 1.52 bits per heavy atom. The topological polar surface area (TPSA) is 114 Å². The van der Waals surface area contributed by atoms with Crippen LogP contribution in [0.1, 0.15) is 61.9 Å². The van der Waals surface area contributed by atoms with Gasteiger partial charge in [-0.05, 0) is 92.6 Å². The number of carbonyl (C=O) groups is 4. The van der Waals surface area contributed by atoms with Crippen LogP contribution in [0.5, 0.6) is 0 Å². The second-order valence-electron chi connectivity index (χ2n) is 11.5. The van der Waals surface area contributed by atoms with Crippen LogP contribution in [0.4, 0.5) is 24.5 Å². The molecule has 2 amide bonds. The van der Waals surface area contributed by atoms with Crippen LogP contribution in [0, 0.1) is 5.92 Å². The standard InChI is InChI=1S/C36H40F3N3O6/c1-3-47-33(44)18-17-31(35(46)48-4-2)41-32(43)23-24-19-21-42(22-20-24)28-15-13-27(14-16-28)40-34(45)30-8-6-5-7-29(30)25-9-11-26(12-10-25)36(37,38)39/h5-16,24,31H,3-4,17-23H2,1-2H3,(H,40,45)(H,41,43)/t31-/m0/s1. The molecule has 2 N–H and O–H groups in total. The lowest BCUT2D eigenvalue weighted by Gasteiger charge is -2.33. The van der Waals surface area contributed by atoms with E-state index >= 15 is 0 Å². The summed E-state index contributed by atoms with van der Waals surface area (Å²) in [6.07, 6.45) is -2.57. The highest BCUT2D eigenvalue weighted by atomic mass is 19.4. The molecular weight excluding hydrogens is 627 g/mol. The Balaban J connectivity index is 1.29. The number of nitrogens with one attached hydrogen (secondary N) is 2. The number of benzene rings is 3. The first-order valence-electron chi connectivity index (χ1n) is 16.0. The van der Waals surface area contributed by atoms with Crippen molar-refractivity contribution in [2.45, 2.75) is 58.2 Å². The molecule has 0 radical (unpaired) electrons. The fourth-order valence-electron chi connectivity index (χ4n) is 5.62. The van der Waals surface area contributed by atoms with Gasteiger partial charge in [-0.15, -0.1) is 0 Å². The molecule has 4 rings (SSSR count). The van der Waals surface area contributed by atoms with E-state index in [0.29, 0.717) is 35.5 Å². The Morgan fingerprint density at radius 3 is 2.15 bits per heavy atom. The zero-order chi connectivity index (χ0) is 34.7. The minimum Gasteiger partial charge on any atom is -0.466 e. The van der Waals surface area contributed by atoms with Crippen molar-refractivity contribution >= 4 is 35.1 Å². The number of carbonyl (C=O) groups excluding carboxylic acids is 4. The van der Waals surface area contributed by atoms with E-state index in [-0.39, 0.29) is 50.2 Å². The van der Waals surface area contributed by atoms with E-state index in [4.69, 9.17) is 9.47 Å². The molecule has 1 fully saturated rings. The van der Waals surface area contributed by atoms with Gasteiger partial charge in [0.05, 0.1) is 18.8 Å². The molecule has 0 spiro atoms. The SMILES string of the molecule is CCOC(=O)CC[C@H](NC(=O)CC1CCN(c2ccc(NC(=O)c3ccccc3-c3ccc(C(F)(F)F)cc3)cc2)CC1)C(=O)OCC. The van der Waals surface area contributed by atoms with Crippen LogP contribution in [-0.2, 0) is 30.0 Å². The number of piperidine rings is 1. The number of esters is 2. The Kier molecular flexibility index (Phi) is 12.6. The van der Waals surface area contributed by atoms with Crippen molar-refractivity contribution in [1.82, 2.24) is 5.32 Å². The summed E-state index contributed by atoms with van der Waals surface area (Å²) in [5.41, 5.74) is 2.12. The molecule has 0 aliphatic carbocycles. The summed E-state index contributed by atoms with van der Waals surface area (Å²) < 4.78 is 49.0. The Labute approximate surface area is 277 Å². The average molecular weight is 668 g/mol. The smallest absolute Gasteiger partial charge is 0.416 e. The van der Waals surface area contributed by atoms with Gasteiger partial charge < -0.3 is 25.0 Å². The maximum absolute atomic E-state index is 13.2. The minimum atomic E-state index is -4.45. The lowest BCUT2D eigenvalue weighted by molar-refractivity contribution is -0.149. The number of amides is 2. The van der Waals surface area contributed by atoms with Crippen molar-refractivity contribution in [3.8, 4) is 11.1 Å². The molecule has 0 bridgehead atoms. The van der Waals surface area contributed by atoms with Crippen molar-refractivity contribution in [2.75, 3.05) is 36.5 Å². The molecule has 3 aromatic carbocycles. The highest BCUT2D eigenvalue weighted by Crippen LogP contribution is 2.32. The summed E-state index contributed by atoms with van der Waals surface area (Å²) in [5, 5.41) is 5.61. The van der Waals surface area contributed by atoms with E-state index in [9.17, 15) is 32.3 Å². The van der Waals surface area contributed by atoms with Crippen LogP contribution in [0.15, 0.2) is 72.8 Å². The number of hydrogen-bond donors (Lipinski definition) is 2.